The van der Waals surface area contributed by atoms with Gasteiger partial charge in [0.1, 0.15) is 0 Å². The van der Waals surface area contributed by atoms with Crippen molar-refractivity contribution >= 4 is 34.8 Å². The van der Waals surface area contributed by atoms with Crippen molar-refractivity contribution in [1.82, 2.24) is 0 Å². The molecule has 0 aromatic heterocycles. The van der Waals surface area contributed by atoms with E-state index in [1.54, 1.807) is 32.0 Å². The summed E-state index contributed by atoms with van der Waals surface area (Å²) in [6.45, 7) is 3.46. The summed E-state index contributed by atoms with van der Waals surface area (Å²) in [6.07, 6.45) is 0. The van der Waals surface area contributed by atoms with E-state index < -0.39 is 0 Å². The van der Waals surface area contributed by atoms with Gasteiger partial charge in [0.2, 0.25) is 11.8 Å². The molecule has 0 unspecified atom stereocenters. The second kappa shape index (κ2) is 6.37. The van der Waals surface area contributed by atoms with E-state index in [-0.39, 0.29) is 24.3 Å². The van der Waals surface area contributed by atoms with Crippen LogP contribution in [0.2, 0.25) is 5.02 Å². The molecule has 0 aliphatic rings. The zero-order valence-corrected chi connectivity index (χ0v) is 11.0. The molecule has 6 heteroatoms. The van der Waals surface area contributed by atoms with Crippen LogP contribution in [0.4, 0.5) is 11.4 Å². The molecule has 0 bridgehead atoms. The van der Waals surface area contributed by atoms with Gasteiger partial charge in [-0.3, -0.25) is 9.59 Å². The van der Waals surface area contributed by atoms with E-state index in [2.05, 4.69) is 10.6 Å². The fraction of sp³-hybridized carbons (Fsp3) is 0.333. The summed E-state index contributed by atoms with van der Waals surface area (Å²) >= 11 is 5.93. The quantitative estimate of drug-likeness (QED) is 0.780. The van der Waals surface area contributed by atoms with E-state index in [0.717, 1.165) is 0 Å². The van der Waals surface area contributed by atoms with Gasteiger partial charge in [-0.25, -0.2) is 0 Å². The van der Waals surface area contributed by atoms with Crippen LogP contribution in [0, 0.1) is 5.92 Å². The number of anilines is 2. The predicted octanol–water partition coefficient (Wildman–Crippen LogP) is 1.83. The molecule has 0 saturated carbocycles. The Hall–Kier alpha value is -1.59. The molecule has 5 nitrogen and oxygen atoms in total. The Balaban J connectivity index is 2.86. The Labute approximate surface area is 111 Å². The first kappa shape index (κ1) is 14.5. The molecule has 0 heterocycles. The van der Waals surface area contributed by atoms with Gasteiger partial charge in [0.25, 0.3) is 0 Å². The number of nitrogens with one attached hydrogen (secondary N) is 2. The average molecular weight is 270 g/mol. The molecule has 98 valence electrons. The number of hydrogen-bond donors (Lipinski definition) is 3. The monoisotopic (exact) mass is 269 g/mol. The van der Waals surface area contributed by atoms with E-state index in [1.165, 1.54) is 0 Å². The van der Waals surface area contributed by atoms with Crippen molar-refractivity contribution in [1.29, 1.82) is 0 Å². The summed E-state index contributed by atoms with van der Waals surface area (Å²) < 4.78 is 0. The third-order valence-corrected chi connectivity index (χ3v) is 2.55. The van der Waals surface area contributed by atoms with Crippen LogP contribution in [-0.4, -0.2) is 18.4 Å². The molecule has 0 radical (unpaired) electrons. The zero-order valence-electron chi connectivity index (χ0n) is 10.3. The third-order valence-electron chi connectivity index (χ3n) is 2.22. The second-order valence-electron chi connectivity index (χ2n) is 4.09. The number of carbonyl (C=O) groups is 2. The van der Waals surface area contributed by atoms with Gasteiger partial charge in [0.05, 0.1) is 17.3 Å². The molecule has 1 rings (SSSR count). The molecule has 0 atom stereocenters. The van der Waals surface area contributed by atoms with Crippen LogP contribution in [0.15, 0.2) is 18.2 Å². The summed E-state index contributed by atoms with van der Waals surface area (Å²) in [4.78, 5) is 22.7. The Kier molecular flexibility index (Phi) is 5.12. The van der Waals surface area contributed by atoms with Gasteiger partial charge in [-0.15, -0.1) is 0 Å². The number of benzene rings is 1. The first-order valence-electron chi connectivity index (χ1n) is 5.54. The molecule has 18 heavy (non-hydrogen) atoms. The molecule has 0 spiro atoms. The van der Waals surface area contributed by atoms with Crippen molar-refractivity contribution in [2.24, 2.45) is 11.7 Å². The maximum absolute atomic E-state index is 11.5. The molecule has 1 aromatic rings. The van der Waals surface area contributed by atoms with E-state index in [9.17, 15) is 9.59 Å². The van der Waals surface area contributed by atoms with Crippen molar-refractivity contribution in [3.05, 3.63) is 23.2 Å². The highest BCUT2D eigenvalue weighted by atomic mass is 35.5. The van der Waals surface area contributed by atoms with Crippen LogP contribution >= 0.6 is 11.6 Å². The lowest BCUT2D eigenvalue weighted by molar-refractivity contribution is -0.119. The SMILES string of the molecule is CC(C)C(=O)Nc1ccc(Cl)c(NC(=O)CN)c1. The first-order valence-corrected chi connectivity index (χ1v) is 5.92. The van der Waals surface area contributed by atoms with Crippen molar-refractivity contribution < 1.29 is 9.59 Å². The van der Waals surface area contributed by atoms with Gasteiger partial charge >= 0.3 is 0 Å². The summed E-state index contributed by atoms with van der Waals surface area (Å²) in [5, 5.41) is 5.66. The number of amides is 2. The molecule has 4 N–H and O–H groups in total. The molecular weight excluding hydrogens is 254 g/mol. The van der Waals surface area contributed by atoms with Gasteiger partial charge in [-0.1, -0.05) is 25.4 Å². The maximum atomic E-state index is 11.5. The number of rotatable bonds is 4. The molecule has 0 fully saturated rings. The highest BCUT2D eigenvalue weighted by molar-refractivity contribution is 6.33. The van der Waals surface area contributed by atoms with E-state index in [1.807, 2.05) is 0 Å². The lowest BCUT2D eigenvalue weighted by Gasteiger charge is -2.11. The molecule has 0 saturated heterocycles. The average Bonchev–Trinajstić information content (AvgIpc) is 2.33. The van der Waals surface area contributed by atoms with Crippen LogP contribution in [0.25, 0.3) is 0 Å². The molecule has 0 aliphatic carbocycles. The van der Waals surface area contributed by atoms with Crippen LogP contribution in [0.1, 0.15) is 13.8 Å². The van der Waals surface area contributed by atoms with Gasteiger partial charge in [-0.2, -0.15) is 0 Å². The first-order chi connectivity index (χ1) is 8.43. The van der Waals surface area contributed by atoms with Gasteiger partial charge < -0.3 is 16.4 Å². The number of halogens is 1. The lowest BCUT2D eigenvalue weighted by Crippen LogP contribution is -2.22. The maximum Gasteiger partial charge on any atom is 0.238 e. The van der Waals surface area contributed by atoms with Crippen LogP contribution < -0.4 is 16.4 Å². The third kappa shape index (κ3) is 4.01. The summed E-state index contributed by atoms with van der Waals surface area (Å²) in [5.41, 5.74) is 6.20. The molecule has 1 aromatic carbocycles. The standard InChI is InChI=1S/C12H16ClN3O2/c1-7(2)12(18)15-8-3-4-9(13)10(5-8)16-11(17)6-14/h3-5,7H,6,14H2,1-2H3,(H,15,18)(H,16,17). The number of hydrogen-bond acceptors (Lipinski definition) is 3. The van der Waals surface area contributed by atoms with E-state index in [0.29, 0.717) is 16.4 Å². The van der Waals surface area contributed by atoms with Crippen LogP contribution in [-0.2, 0) is 9.59 Å². The van der Waals surface area contributed by atoms with Crippen LogP contribution in [0.5, 0.6) is 0 Å². The highest BCUT2D eigenvalue weighted by Crippen LogP contribution is 2.25. The molecule has 0 aliphatic heterocycles. The lowest BCUT2D eigenvalue weighted by atomic mass is 10.2. The highest BCUT2D eigenvalue weighted by Gasteiger charge is 2.09. The van der Waals surface area contributed by atoms with E-state index >= 15 is 0 Å². The van der Waals surface area contributed by atoms with Gasteiger partial charge in [0.15, 0.2) is 0 Å². The number of nitrogens with two attached hydrogens (primary N) is 1. The Morgan fingerprint density at radius 1 is 1.33 bits per heavy atom. The van der Waals surface area contributed by atoms with Gasteiger partial charge in [0, 0.05) is 11.6 Å². The smallest absolute Gasteiger partial charge is 0.238 e. The Morgan fingerprint density at radius 2 is 2.00 bits per heavy atom. The minimum absolute atomic E-state index is 0.103. The largest absolute Gasteiger partial charge is 0.326 e. The van der Waals surface area contributed by atoms with Crippen LogP contribution in [0.3, 0.4) is 0 Å². The minimum Gasteiger partial charge on any atom is -0.326 e. The normalized spacial score (nSPS) is 10.3. The number of carbonyl (C=O) groups excluding carboxylic acids is 2. The summed E-state index contributed by atoms with van der Waals surface area (Å²) in [6, 6.07) is 4.86. The van der Waals surface area contributed by atoms with Crippen molar-refractivity contribution in [3.8, 4) is 0 Å². The minimum atomic E-state index is -0.343. The predicted molar refractivity (Wildman–Crippen MR) is 72.6 cm³/mol. The molecular formula is C12H16ClN3O2. The topological polar surface area (TPSA) is 84.2 Å². The fourth-order valence-electron chi connectivity index (χ4n) is 1.19. The summed E-state index contributed by atoms with van der Waals surface area (Å²) in [7, 11) is 0. The summed E-state index contributed by atoms with van der Waals surface area (Å²) in [5.74, 6) is -0.569. The van der Waals surface area contributed by atoms with Crippen molar-refractivity contribution in [2.45, 2.75) is 13.8 Å². The van der Waals surface area contributed by atoms with E-state index in [4.69, 9.17) is 17.3 Å². The van der Waals surface area contributed by atoms with Crippen molar-refractivity contribution in [2.75, 3.05) is 17.2 Å². The second-order valence-corrected chi connectivity index (χ2v) is 4.50. The van der Waals surface area contributed by atoms with Gasteiger partial charge in [-0.05, 0) is 18.2 Å². The zero-order chi connectivity index (χ0) is 13.7. The van der Waals surface area contributed by atoms with Crippen molar-refractivity contribution in [3.63, 3.8) is 0 Å². The Morgan fingerprint density at radius 3 is 2.56 bits per heavy atom. The molecule has 2 amide bonds. The Bertz CT molecular complexity index is 461. The fourth-order valence-corrected chi connectivity index (χ4v) is 1.35.